The number of anilines is 1. The summed E-state index contributed by atoms with van der Waals surface area (Å²) in [6.07, 6.45) is 0. The molecule has 0 aromatic heterocycles. The third-order valence-electron chi connectivity index (χ3n) is 2.33. The van der Waals surface area contributed by atoms with Crippen molar-refractivity contribution in [3.63, 3.8) is 0 Å². The van der Waals surface area contributed by atoms with Crippen molar-refractivity contribution in [2.75, 3.05) is 11.8 Å². The Labute approximate surface area is 117 Å². The molecule has 1 rings (SSSR count). The van der Waals surface area contributed by atoms with Crippen molar-refractivity contribution >= 4 is 35.4 Å². The first kappa shape index (κ1) is 16.1. The molecule has 0 spiro atoms. The summed E-state index contributed by atoms with van der Waals surface area (Å²) in [6.45, 7) is 2.99. The van der Waals surface area contributed by atoms with Gasteiger partial charge in [0, 0.05) is 10.7 Å². The van der Waals surface area contributed by atoms with Gasteiger partial charge in [0.2, 0.25) is 10.0 Å². The number of sulfonamides is 1. The molecule has 0 aliphatic heterocycles. The number of rotatable bonds is 5. The molecule has 1 N–H and O–H groups in total. The van der Waals surface area contributed by atoms with Gasteiger partial charge in [-0.15, -0.1) is 0 Å². The maximum Gasteiger partial charge on any atom is 0.261 e. The second-order valence-corrected chi connectivity index (χ2v) is 8.80. The second kappa shape index (κ2) is 5.56. The van der Waals surface area contributed by atoms with Crippen LogP contribution in [0.3, 0.4) is 0 Å². The van der Waals surface area contributed by atoms with Gasteiger partial charge in [0.15, 0.2) is 0 Å². The Bertz CT molecular complexity index is 667. The smallest absolute Gasteiger partial charge is 0.261 e. The first-order valence-corrected chi connectivity index (χ1v) is 9.08. The first-order valence-electron chi connectivity index (χ1n) is 5.22. The van der Waals surface area contributed by atoms with Gasteiger partial charge < -0.3 is 4.74 Å². The molecule has 0 fully saturated rings. The average Bonchev–Trinajstić information content (AvgIpc) is 2.27. The van der Waals surface area contributed by atoms with Crippen LogP contribution in [-0.2, 0) is 19.1 Å². The zero-order valence-corrected chi connectivity index (χ0v) is 12.9. The molecule has 0 unspecified atom stereocenters. The van der Waals surface area contributed by atoms with Crippen LogP contribution < -0.4 is 9.46 Å². The van der Waals surface area contributed by atoms with Gasteiger partial charge in [0.05, 0.1) is 22.9 Å². The Kier molecular flexibility index (Phi) is 4.70. The minimum Gasteiger partial charge on any atom is -0.495 e. The lowest BCUT2D eigenvalue weighted by molar-refractivity contribution is 0.416. The van der Waals surface area contributed by atoms with Crippen molar-refractivity contribution in [3.8, 4) is 5.75 Å². The van der Waals surface area contributed by atoms with Gasteiger partial charge in [0.25, 0.3) is 9.05 Å². The molecular formula is C10H14ClNO5S2. The van der Waals surface area contributed by atoms with Crippen LogP contribution in [0.1, 0.15) is 13.8 Å². The second-order valence-electron chi connectivity index (χ2n) is 4.00. The van der Waals surface area contributed by atoms with E-state index in [-0.39, 0.29) is 16.3 Å². The van der Waals surface area contributed by atoms with E-state index in [1.165, 1.54) is 33.1 Å². The van der Waals surface area contributed by atoms with E-state index in [4.69, 9.17) is 15.4 Å². The molecule has 0 aliphatic carbocycles. The van der Waals surface area contributed by atoms with Crippen LogP contribution in [-0.4, -0.2) is 29.2 Å². The standard InChI is InChI=1S/C10H14ClNO5S2/c1-7(2)19(15,16)12-9-6-8(18(11,13)14)4-5-10(9)17-3/h4-7,12H,1-3H3. The van der Waals surface area contributed by atoms with Gasteiger partial charge in [-0.3, -0.25) is 4.72 Å². The number of benzene rings is 1. The van der Waals surface area contributed by atoms with Crippen molar-refractivity contribution in [3.05, 3.63) is 18.2 Å². The lowest BCUT2D eigenvalue weighted by Gasteiger charge is -2.14. The van der Waals surface area contributed by atoms with Crippen molar-refractivity contribution in [2.45, 2.75) is 24.0 Å². The quantitative estimate of drug-likeness (QED) is 0.832. The molecule has 0 saturated carbocycles. The molecule has 0 bridgehead atoms. The molecule has 0 radical (unpaired) electrons. The lowest BCUT2D eigenvalue weighted by atomic mass is 10.3. The summed E-state index contributed by atoms with van der Waals surface area (Å²) in [5.74, 6) is 0.202. The highest BCUT2D eigenvalue weighted by Gasteiger charge is 2.20. The topological polar surface area (TPSA) is 89.5 Å². The molecule has 0 amide bonds. The van der Waals surface area contributed by atoms with E-state index in [0.29, 0.717) is 0 Å². The molecule has 108 valence electrons. The Morgan fingerprint density at radius 1 is 1.21 bits per heavy atom. The number of halogens is 1. The van der Waals surface area contributed by atoms with E-state index in [1.54, 1.807) is 0 Å². The molecule has 0 atom stereocenters. The van der Waals surface area contributed by atoms with E-state index >= 15 is 0 Å². The molecule has 9 heteroatoms. The summed E-state index contributed by atoms with van der Waals surface area (Å²) < 4.78 is 53.3. The minimum atomic E-state index is -3.94. The molecule has 6 nitrogen and oxygen atoms in total. The number of methoxy groups -OCH3 is 1. The van der Waals surface area contributed by atoms with Crippen LogP contribution in [0.15, 0.2) is 23.1 Å². The van der Waals surface area contributed by atoms with Crippen LogP contribution in [0.5, 0.6) is 5.75 Å². The Hall–Kier alpha value is -0.990. The maximum atomic E-state index is 11.8. The van der Waals surface area contributed by atoms with E-state index in [9.17, 15) is 16.8 Å². The third-order valence-corrected chi connectivity index (χ3v) is 5.42. The summed E-state index contributed by atoms with van der Waals surface area (Å²) in [5.41, 5.74) is 0.0259. The first-order chi connectivity index (χ1) is 8.58. The summed E-state index contributed by atoms with van der Waals surface area (Å²) in [7, 11) is -1.000. The summed E-state index contributed by atoms with van der Waals surface area (Å²) in [5, 5.41) is -0.673. The summed E-state index contributed by atoms with van der Waals surface area (Å²) in [4.78, 5) is -0.212. The number of hydrogen-bond donors (Lipinski definition) is 1. The summed E-state index contributed by atoms with van der Waals surface area (Å²) >= 11 is 0. The Morgan fingerprint density at radius 2 is 1.79 bits per heavy atom. The normalized spacial score (nSPS) is 12.5. The van der Waals surface area contributed by atoms with Crippen molar-refractivity contribution in [1.82, 2.24) is 0 Å². The zero-order valence-electron chi connectivity index (χ0n) is 10.5. The van der Waals surface area contributed by atoms with Crippen molar-refractivity contribution in [2.24, 2.45) is 0 Å². The lowest BCUT2D eigenvalue weighted by Crippen LogP contribution is -2.22. The minimum absolute atomic E-state index is 0.0259. The van der Waals surface area contributed by atoms with Gasteiger partial charge in [-0.1, -0.05) is 0 Å². The van der Waals surface area contributed by atoms with Crippen LogP contribution in [0.2, 0.25) is 0 Å². The monoisotopic (exact) mass is 327 g/mol. The fraction of sp³-hybridized carbons (Fsp3) is 0.400. The molecule has 1 aromatic carbocycles. The molecule has 19 heavy (non-hydrogen) atoms. The van der Waals surface area contributed by atoms with Crippen LogP contribution in [0, 0.1) is 0 Å². The van der Waals surface area contributed by atoms with Gasteiger partial charge in [-0.05, 0) is 32.0 Å². The highest BCUT2D eigenvalue weighted by atomic mass is 35.7. The van der Waals surface area contributed by atoms with Crippen molar-refractivity contribution in [1.29, 1.82) is 0 Å². The predicted molar refractivity (Wildman–Crippen MR) is 73.7 cm³/mol. The van der Waals surface area contributed by atoms with Crippen molar-refractivity contribution < 1.29 is 21.6 Å². The molecule has 1 aromatic rings. The van der Waals surface area contributed by atoms with Gasteiger partial charge in [-0.2, -0.15) is 0 Å². The molecular weight excluding hydrogens is 314 g/mol. The number of hydrogen-bond acceptors (Lipinski definition) is 5. The van der Waals surface area contributed by atoms with Crippen LogP contribution in [0.4, 0.5) is 5.69 Å². The molecule has 0 aliphatic rings. The highest BCUT2D eigenvalue weighted by Crippen LogP contribution is 2.30. The SMILES string of the molecule is COc1ccc(S(=O)(=O)Cl)cc1NS(=O)(=O)C(C)C. The summed E-state index contributed by atoms with van der Waals surface area (Å²) in [6, 6.07) is 3.67. The van der Waals surface area contributed by atoms with E-state index in [0.717, 1.165) is 6.07 Å². The van der Waals surface area contributed by atoms with Crippen LogP contribution in [0.25, 0.3) is 0 Å². The highest BCUT2D eigenvalue weighted by molar-refractivity contribution is 8.13. The Morgan fingerprint density at radius 3 is 2.21 bits per heavy atom. The third kappa shape index (κ3) is 3.99. The Balaban J connectivity index is 3.33. The fourth-order valence-electron chi connectivity index (χ4n) is 1.19. The molecule has 0 heterocycles. The van der Waals surface area contributed by atoms with Crippen LogP contribution >= 0.6 is 10.7 Å². The van der Waals surface area contributed by atoms with E-state index in [1.807, 2.05) is 0 Å². The average molecular weight is 328 g/mol. The molecule has 0 saturated heterocycles. The van der Waals surface area contributed by atoms with E-state index < -0.39 is 24.3 Å². The van der Waals surface area contributed by atoms with Gasteiger partial charge >= 0.3 is 0 Å². The van der Waals surface area contributed by atoms with Gasteiger partial charge in [-0.25, -0.2) is 16.8 Å². The maximum absolute atomic E-state index is 11.8. The van der Waals surface area contributed by atoms with E-state index in [2.05, 4.69) is 4.72 Å². The van der Waals surface area contributed by atoms with Gasteiger partial charge in [0.1, 0.15) is 5.75 Å². The largest absolute Gasteiger partial charge is 0.495 e. The predicted octanol–water partition coefficient (Wildman–Crippen LogP) is 1.77. The zero-order chi connectivity index (χ0) is 14.8. The fourth-order valence-corrected chi connectivity index (χ4v) is 2.67. The number of ether oxygens (including phenoxy) is 1. The number of nitrogens with one attached hydrogen (secondary N) is 1.